The molecule has 0 unspecified atom stereocenters. The Labute approximate surface area is 105 Å². The molecule has 1 amide bonds. The lowest BCUT2D eigenvalue weighted by Gasteiger charge is -2.18. The molecule has 0 bridgehead atoms. The standard InChI is InChI=1S/C10H12N4O3S/c1-2-14(7-10(12)15)18(16,17)9-4-3-8(5-11)13-6-9/h3-4,6H,2,7H2,1H3,(H2,12,15). The van der Waals surface area contributed by atoms with Crippen molar-refractivity contribution in [2.45, 2.75) is 11.8 Å². The Kier molecular flexibility index (Phi) is 4.36. The molecular weight excluding hydrogens is 256 g/mol. The zero-order valence-corrected chi connectivity index (χ0v) is 10.5. The summed E-state index contributed by atoms with van der Waals surface area (Å²) in [5, 5.41) is 8.57. The van der Waals surface area contributed by atoms with Crippen LogP contribution in [-0.4, -0.2) is 36.7 Å². The average molecular weight is 268 g/mol. The van der Waals surface area contributed by atoms with E-state index in [0.717, 1.165) is 10.5 Å². The van der Waals surface area contributed by atoms with Gasteiger partial charge in [0, 0.05) is 12.7 Å². The van der Waals surface area contributed by atoms with Crippen molar-refractivity contribution in [3.8, 4) is 6.07 Å². The monoisotopic (exact) mass is 268 g/mol. The molecule has 0 fully saturated rings. The number of hydrogen-bond acceptors (Lipinski definition) is 5. The van der Waals surface area contributed by atoms with Gasteiger partial charge in [0.25, 0.3) is 0 Å². The normalized spacial score (nSPS) is 11.2. The van der Waals surface area contributed by atoms with E-state index >= 15 is 0 Å². The number of pyridine rings is 1. The van der Waals surface area contributed by atoms with E-state index in [0.29, 0.717) is 0 Å². The lowest BCUT2D eigenvalue weighted by atomic mass is 10.4. The summed E-state index contributed by atoms with van der Waals surface area (Å²) in [6.07, 6.45) is 1.08. The van der Waals surface area contributed by atoms with Crippen LogP contribution in [0.4, 0.5) is 0 Å². The van der Waals surface area contributed by atoms with Crippen molar-refractivity contribution in [2.75, 3.05) is 13.1 Å². The van der Waals surface area contributed by atoms with Crippen LogP contribution in [0.25, 0.3) is 0 Å². The molecule has 1 aromatic rings. The Hall–Kier alpha value is -1.98. The first kappa shape index (κ1) is 14.1. The van der Waals surface area contributed by atoms with Gasteiger partial charge in [-0.3, -0.25) is 4.79 Å². The fourth-order valence-electron chi connectivity index (χ4n) is 1.29. The van der Waals surface area contributed by atoms with Crippen LogP contribution in [-0.2, 0) is 14.8 Å². The summed E-state index contributed by atoms with van der Waals surface area (Å²) in [5.41, 5.74) is 5.10. The predicted molar refractivity (Wildman–Crippen MR) is 62.6 cm³/mol. The lowest BCUT2D eigenvalue weighted by molar-refractivity contribution is -0.118. The zero-order valence-electron chi connectivity index (χ0n) is 9.70. The highest BCUT2D eigenvalue weighted by Gasteiger charge is 2.24. The number of carbonyl (C=O) groups is 1. The van der Waals surface area contributed by atoms with Crippen molar-refractivity contribution in [2.24, 2.45) is 5.73 Å². The molecule has 8 heteroatoms. The van der Waals surface area contributed by atoms with Crippen molar-refractivity contribution in [3.63, 3.8) is 0 Å². The number of rotatable bonds is 5. The van der Waals surface area contributed by atoms with Gasteiger partial charge in [-0.05, 0) is 12.1 Å². The van der Waals surface area contributed by atoms with Crippen LogP contribution in [0.5, 0.6) is 0 Å². The molecule has 0 radical (unpaired) electrons. The molecule has 0 aromatic carbocycles. The van der Waals surface area contributed by atoms with Gasteiger partial charge in [0.2, 0.25) is 15.9 Å². The van der Waals surface area contributed by atoms with Gasteiger partial charge in [0.1, 0.15) is 16.7 Å². The summed E-state index contributed by atoms with van der Waals surface area (Å²) >= 11 is 0. The largest absolute Gasteiger partial charge is 0.369 e. The summed E-state index contributed by atoms with van der Waals surface area (Å²) in [5.74, 6) is -0.734. The van der Waals surface area contributed by atoms with Crippen molar-refractivity contribution in [1.82, 2.24) is 9.29 Å². The van der Waals surface area contributed by atoms with Crippen LogP contribution in [0.3, 0.4) is 0 Å². The molecule has 0 saturated carbocycles. The number of nitriles is 1. The van der Waals surface area contributed by atoms with E-state index in [4.69, 9.17) is 11.0 Å². The minimum atomic E-state index is -3.81. The fraction of sp³-hybridized carbons (Fsp3) is 0.300. The molecule has 0 aliphatic rings. The third kappa shape index (κ3) is 3.03. The van der Waals surface area contributed by atoms with Crippen LogP contribution >= 0.6 is 0 Å². The number of nitrogens with zero attached hydrogens (tertiary/aromatic N) is 3. The number of hydrogen-bond donors (Lipinski definition) is 1. The average Bonchev–Trinajstić information content (AvgIpc) is 2.35. The van der Waals surface area contributed by atoms with Gasteiger partial charge in [-0.15, -0.1) is 0 Å². The summed E-state index contributed by atoms with van der Waals surface area (Å²) in [4.78, 5) is 14.4. The van der Waals surface area contributed by atoms with Gasteiger partial charge < -0.3 is 5.73 Å². The first-order chi connectivity index (χ1) is 8.41. The number of aromatic nitrogens is 1. The lowest BCUT2D eigenvalue weighted by Crippen LogP contribution is -2.38. The van der Waals surface area contributed by atoms with E-state index in [-0.39, 0.29) is 17.1 Å². The molecule has 0 spiro atoms. The van der Waals surface area contributed by atoms with Gasteiger partial charge in [0.05, 0.1) is 6.54 Å². The quantitative estimate of drug-likeness (QED) is 0.768. The third-order valence-corrected chi connectivity index (χ3v) is 4.08. The Morgan fingerprint density at radius 2 is 2.22 bits per heavy atom. The second kappa shape index (κ2) is 5.57. The fourth-order valence-corrected chi connectivity index (χ4v) is 2.65. The van der Waals surface area contributed by atoms with Gasteiger partial charge in [-0.2, -0.15) is 9.57 Å². The van der Waals surface area contributed by atoms with E-state index in [1.54, 1.807) is 13.0 Å². The molecule has 1 heterocycles. The molecule has 1 rings (SSSR count). The smallest absolute Gasteiger partial charge is 0.245 e. The Bertz CT molecular complexity index is 574. The molecule has 7 nitrogen and oxygen atoms in total. The van der Waals surface area contributed by atoms with Crippen LogP contribution in [0, 0.1) is 11.3 Å². The molecular formula is C10H12N4O3S. The Balaban J connectivity index is 3.11. The molecule has 2 N–H and O–H groups in total. The van der Waals surface area contributed by atoms with Crippen LogP contribution in [0.2, 0.25) is 0 Å². The zero-order chi connectivity index (χ0) is 13.8. The van der Waals surface area contributed by atoms with E-state index in [2.05, 4.69) is 4.98 Å². The van der Waals surface area contributed by atoms with Crippen molar-refractivity contribution < 1.29 is 13.2 Å². The van der Waals surface area contributed by atoms with Crippen molar-refractivity contribution >= 4 is 15.9 Å². The maximum atomic E-state index is 12.1. The summed E-state index contributed by atoms with van der Waals surface area (Å²) in [7, 11) is -3.81. The van der Waals surface area contributed by atoms with E-state index in [1.807, 2.05) is 0 Å². The molecule has 18 heavy (non-hydrogen) atoms. The summed E-state index contributed by atoms with van der Waals surface area (Å²) in [6, 6.07) is 4.35. The minimum Gasteiger partial charge on any atom is -0.369 e. The van der Waals surface area contributed by atoms with Gasteiger partial charge in [0.15, 0.2) is 0 Å². The second-order valence-electron chi connectivity index (χ2n) is 3.39. The van der Waals surface area contributed by atoms with Crippen molar-refractivity contribution in [3.05, 3.63) is 24.0 Å². The molecule has 0 aliphatic carbocycles. The number of amides is 1. The summed E-state index contributed by atoms with van der Waals surface area (Å²) in [6.45, 7) is 1.32. The molecule has 0 saturated heterocycles. The number of primary amides is 1. The van der Waals surface area contributed by atoms with Gasteiger partial charge in [-0.25, -0.2) is 13.4 Å². The van der Waals surface area contributed by atoms with E-state index in [1.165, 1.54) is 12.1 Å². The van der Waals surface area contributed by atoms with Crippen LogP contribution < -0.4 is 5.73 Å². The maximum Gasteiger partial charge on any atom is 0.245 e. The predicted octanol–water partition coefficient (Wildman–Crippen LogP) is -0.551. The van der Waals surface area contributed by atoms with E-state index < -0.39 is 22.5 Å². The number of nitrogens with two attached hydrogens (primary N) is 1. The highest BCUT2D eigenvalue weighted by atomic mass is 32.2. The number of carbonyl (C=O) groups excluding carboxylic acids is 1. The maximum absolute atomic E-state index is 12.1. The minimum absolute atomic E-state index is 0.0791. The first-order valence-corrected chi connectivity index (χ1v) is 6.50. The topological polar surface area (TPSA) is 117 Å². The summed E-state index contributed by atoms with van der Waals surface area (Å²) < 4.78 is 25.1. The van der Waals surface area contributed by atoms with Gasteiger partial charge >= 0.3 is 0 Å². The van der Waals surface area contributed by atoms with Gasteiger partial charge in [-0.1, -0.05) is 6.92 Å². The highest BCUT2D eigenvalue weighted by molar-refractivity contribution is 7.89. The first-order valence-electron chi connectivity index (χ1n) is 5.06. The molecule has 0 aliphatic heterocycles. The molecule has 96 valence electrons. The van der Waals surface area contributed by atoms with E-state index in [9.17, 15) is 13.2 Å². The SMILES string of the molecule is CCN(CC(N)=O)S(=O)(=O)c1ccc(C#N)nc1. The second-order valence-corrected chi connectivity index (χ2v) is 5.33. The number of likely N-dealkylation sites (N-methyl/N-ethyl adjacent to an activating group) is 1. The highest BCUT2D eigenvalue weighted by Crippen LogP contribution is 2.14. The Morgan fingerprint density at radius 1 is 1.56 bits per heavy atom. The van der Waals surface area contributed by atoms with Crippen molar-refractivity contribution in [1.29, 1.82) is 5.26 Å². The number of sulfonamides is 1. The molecule has 0 atom stereocenters. The third-order valence-electron chi connectivity index (χ3n) is 2.17. The van der Waals surface area contributed by atoms with Crippen LogP contribution in [0.15, 0.2) is 23.2 Å². The molecule has 1 aromatic heterocycles. The van der Waals surface area contributed by atoms with Crippen LogP contribution in [0.1, 0.15) is 12.6 Å². The Morgan fingerprint density at radius 3 is 2.61 bits per heavy atom.